The molecule has 0 amide bonds. The second kappa shape index (κ2) is 6.66. The third kappa shape index (κ3) is 3.79. The first-order chi connectivity index (χ1) is 9.69. The van der Waals surface area contributed by atoms with Crippen molar-refractivity contribution in [3.05, 3.63) is 66.7 Å². The van der Waals surface area contributed by atoms with Gasteiger partial charge in [-0.3, -0.25) is 0 Å². The number of azo groups is 1. The monoisotopic (exact) mass is 265 g/mol. The van der Waals surface area contributed by atoms with Crippen molar-refractivity contribution in [1.82, 2.24) is 0 Å². The third-order valence-corrected chi connectivity index (χ3v) is 2.96. The highest BCUT2D eigenvalue weighted by molar-refractivity contribution is 5.52. The standard InChI is InChI=1S/C17H19N3/c1-4-5-14-6-8-15(9-7-14)18-19-16-10-12-17(13-11-16)20(2)3/h4,6-13H,1,5H2,2-3H3. The average Bonchev–Trinajstić information content (AvgIpc) is 2.47. The van der Waals surface area contributed by atoms with Crippen molar-refractivity contribution in [3.8, 4) is 0 Å². The van der Waals surface area contributed by atoms with Gasteiger partial charge in [0.25, 0.3) is 0 Å². The Hall–Kier alpha value is -2.42. The van der Waals surface area contributed by atoms with E-state index in [1.54, 1.807) is 0 Å². The van der Waals surface area contributed by atoms with Crippen LogP contribution in [0.1, 0.15) is 5.56 Å². The van der Waals surface area contributed by atoms with Crippen molar-refractivity contribution in [2.45, 2.75) is 6.42 Å². The molecule has 3 nitrogen and oxygen atoms in total. The van der Waals surface area contributed by atoms with Gasteiger partial charge in [-0.25, -0.2) is 0 Å². The lowest BCUT2D eigenvalue weighted by molar-refractivity contribution is 1.13. The van der Waals surface area contributed by atoms with E-state index in [2.05, 4.69) is 21.7 Å². The maximum Gasteiger partial charge on any atom is 0.0858 e. The fourth-order valence-corrected chi connectivity index (χ4v) is 1.80. The molecule has 0 unspecified atom stereocenters. The van der Waals surface area contributed by atoms with Crippen molar-refractivity contribution in [2.24, 2.45) is 10.2 Å². The smallest absolute Gasteiger partial charge is 0.0858 e. The van der Waals surface area contributed by atoms with Crippen LogP contribution in [0.4, 0.5) is 17.1 Å². The van der Waals surface area contributed by atoms with Crippen LogP contribution in [-0.2, 0) is 6.42 Å². The molecule has 2 rings (SSSR count). The molecule has 0 heterocycles. The van der Waals surface area contributed by atoms with E-state index in [9.17, 15) is 0 Å². The van der Waals surface area contributed by atoms with Gasteiger partial charge in [0, 0.05) is 19.8 Å². The maximum atomic E-state index is 4.24. The van der Waals surface area contributed by atoms with E-state index in [4.69, 9.17) is 0 Å². The lowest BCUT2D eigenvalue weighted by Gasteiger charge is -2.11. The molecule has 0 fully saturated rings. The zero-order valence-electron chi connectivity index (χ0n) is 12.0. The molecule has 3 heteroatoms. The van der Waals surface area contributed by atoms with E-state index >= 15 is 0 Å². The van der Waals surface area contributed by atoms with Crippen LogP contribution in [0.2, 0.25) is 0 Å². The Morgan fingerprint density at radius 2 is 1.40 bits per heavy atom. The molecule has 0 atom stereocenters. The summed E-state index contributed by atoms with van der Waals surface area (Å²) in [6, 6.07) is 16.0. The number of rotatable bonds is 5. The SMILES string of the molecule is C=CCc1ccc(N=Nc2ccc(N(C)C)cc2)cc1. The Labute approximate surface area is 120 Å². The van der Waals surface area contributed by atoms with Crippen LogP contribution in [0.25, 0.3) is 0 Å². The Morgan fingerprint density at radius 1 is 0.900 bits per heavy atom. The van der Waals surface area contributed by atoms with Gasteiger partial charge in [0.15, 0.2) is 0 Å². The van der Waals surface area contributed by atoms with Crippen LogP contribution in [0.3, 0.4) is 0 Å². The predicted octanol–water partition coefficient (Wildman–Crippen LogP) is 4.90. The van der Waals surface area contributed by atoms with Gasteiger partial charge >= 0.3 is 0 Å². The van der Waals surface area contributed by atoms with Crippen molar-refractivity contribution >= 4 is 17.1 Å². The van der Waals surface area contributed by atoms with E-state index in [1.165, 1.54) is 5.56 Å². The minimum atomic E-state index is 0.853. The van der Waals surface area contributed by atoms with E-state index in [0.29, 0.717) is 0 Å². The second-order valence-electron chi connectivity index (χ2n) is 4.77. The molecule has 0 bridgehead atoms. The minimum Gasteiger partial charge on any atom is -0.378 e. The molecule has 0 aromatic heterocycles. The molecule has 20 heavy (non-hydrogen) atoms. The van der Waals surface area contributed by atoms with Crippen LogP contribution in [0.15, 0.2) is 71.4 Å². The third-order valence-electron chi connectivity index (χ3n) is 2.96. The Bertz CT molecular complexity index is 581. The first-order valence-electron chi connectivity index (χ1n) is 6.58. The number of allylic oxidation sites excluding steroid dienone is 1. The highest BCUT2D eigenvalue weighted by Crippen LogP contribution is 2.21. The molecule has 0 aliphatic carbocycles. The van der Waals surface area contributed by atoms with E-state index in [1.807, 2.05) is 68.7 Å². The number of hydrogen-bond donors (Lipinski definition) is 0. The number of anilines is 1. The van der Waals surface area contributed by atoms with Crippen LogP contribution in [0, 0.1) is 0 Å². The fraction of sp³-hybridized carbons (Fsp3) is 0.176. The molecule has 102 valence electrons. The highest BCUT2D eigenvalue weighted by atomic mass is 15.1. The van der Waals surface area contributed by atoms with Crippen LogP contribution in [-0.4, -0.2) is 14.1 Å². The Balaban J connectivity index is 2.06. The quantitative estimate of drug-likeness (QED) is 0.558. The van der Waals surface area contributed by atoms with Crippen molar-refractivity contribution in [2.75, 3.05) is 19.0 Å². The van der Waals surface area contributed by atoms with Crippen molar-refractivity contribution in [1.29, 1.82) is 0 Å². The summed E-state index contributed by atoms with van der Waals surface area (Å²) in [7, 11) is 4.03. The van der Waals surface area contributed by atoms with E-state index in [0.717, 1.165) is 23.5 Å². The van der Waals surface area contributed by atoms with E-state index in [-0.39, 0.29) is 0 Å². The van der Waals surface area contributed by atoms with Gasteiger partial charge < -0.3 is 4.90 Å². The van der Waals surface area contributed by atoms with Gasteiger partial charge in [-0.1, -0.05) is 18.2 Å². The van der Waals surface area contributed by atoms with Crippen LogP contribution in [0.5, 0.6) is 0 Å². The number of hydrogen-bond acceptors (Lipinski definition) is 3. The van der Waals surface area contributed by atoms with Gasteiger partial charge in [-0.2, -0.15) is 10.2 Å². The van der Waals surface area contributed by atoms with Crippen LogP contribution < -0.4 is 4.90 Å². The molecular weight excluding hydrogens is 246 g/mol. The molecule has 0 aliphatic heterocycles. The lowest BCUT2D eigenvalue weighted by Crippen LogP contribution is -2.07. The first-order valence-corrected chi connectivity index (χ1v) is 6.58. The normalized spacial score (nSPS) is 10.7. The summed E-state index contributed by atoms with van der Waals surface area (Å²) in [5.41, 5.74) is 4.09. The molecular formula is C17H19N3. The maximum absolute atomic E-state index is 4.24. The molecule has 2 aromatic carbocycles. The van der Waals surface area contributed by atoms with Gasteiger partial charge in [0.1, 0.15) is 0 Å². The zero-order valence-corrected chi connectivity index (χ0v) is 12.0. The van der Waals surface area contributed by atoms with Gasteiger partial charge in [0.2, 0.25) is 0 Å². The lowest BCUT2D eigenvalue weighted by atomic mass is 10.1. The predicted molar refractivity (Wildman–Crippen MR) is 85.3 cm³/mol. The molecule has 0 aliphatic rings. The van der Waals surface area contributed by atoms with Gasteiger partial charge in [-0.05, 0) is 48.4 Å². The van der Waals surface area contributed by atoms with Crippen LogP contribution >= 0.6 is 0 Å². The summed E-state index contributed by atoms with van der Waals surface area (Å²) >= 11 is 0. The van der Waals surface area contributed by atoms with Crippen molar-refractivity contribution < 1.29 is 0 Å². The van der Waals surface area contributed by atoms with Gasteiger partial charge in [0.05, 0.1) is 11.4 Å². The molecule has 0 radical (unpaired) electrons. The summed E-state index contributed by atoms with van der Waals surface area (Å²) in [5, 5.41) is 8.48. The Morgan fingerprint density at radius 3 is 1.85 bits per heavy atom. The summed E-state index contributed by atoms with van der Waals surface area (Å²) in [6.07, 6.45) is 2.77. The second-order valence-corrected chi connectivity index (χ2v) is 4.77. The highest BCUT2D eigenvalue weighted by Gasteiger charge is 1.95. The average molecular weight is 265 g/mol. The summed E-state index contributed by atoms with van der Waals surface area (Å²) in [5.74, 6) is 0. The molecule has 2 aromatic rings. The summed E-state index contributed by atoms with van der Waals surface area (Å²) in [6.45, 7) is 3.73. The first kappa shape index (κ1) is 14.0. The Kier molecular flexibility index (Phi) is 4.66. The summed E-state index contributed by atoms with van der Waals surface area (Å²) < 4.78 is 0. The largest absolute Gasteiger partial charge is 0.378 e. The molecule has 0 spiro atoms. The summed E-state index contributed by atoms with van der Waals surface area (Å²) in [4.78, 5) is 2.05. The van der Waals surface area contributed by atoms with Gasteiger partial charge in [-0.15, -0.1) is 6.58 Å². The molecule has 0 saturated heterocycles. The fourth-order valence-electron chi connectivity index (χ4n) is 1.80. The zero-order chi connectivity index (χ0) is 14.4. The van der Waals surface area contributed by atoms with E-state index < -0.39 is 0 Å². The topological polar surface area (TPSA) is 28.0 Å². The van der Waals surface area contributed by atoms with Crippen molar-refractivity contribution in [3.63, 3.8) is 0 Å². The number of benzene rings is 2. The molecule has 0 saturated carbocycles. The minimum absolute atomic E-state index is 0.853. The molecule has 0 N–H and O–H groups in total. The number of nitrogens with zero attached hydrogens (tertiary/aromatic N) is 3.